The number of aryl methyl sites for hydroxylation is 2. The lowest BCUT2D eigenvalue weighted by Gasteiger charge is -2.28. The summed E-state index contributed by atoms with van der Waals surface area (Å²) >= 11 is 6.11. The van der Waals surface area contributed by atoms with Crippen molar-refractivity contribution in [2.75, 3.05) is 11.5 Å². The summed E-state index contributed by atoms with van der Waals surface area (Å²) in [6.45, 7) is 5.93. The number of fused-ring (bicyclic) bond motifs is 1. The maximum atomic E-state index is 14.1. The first-order valence-electron chi connectivity index (χ1n) is 8.75. The van der Waals surface area contributed by atoms with Crippen LogP contribution < -0.4 is 4.90 Å². The number of hydrogen-bond acceptors (Lipinski definition) is 4. The maximum Gasteiger partial charge on any atom is 0.333 e. The fourth-order valence-electron chi connectivity index (χ4n) is 3.26. The van der Waals surface area contributed by atoms with Gasteiger partial charge in [0.15, 0.2) is 6.30 Å². The molecule has 0 saturated carbocycles. The molecule has 2 aliphatic heterocycles. The largest absolute Gasteiger partial charge is 0.396 e. The van der Waals surface area contributed by atoms with Gasteiger partial charge in [-0.2, -0.15) is 0 Å². The van der Waals surface area contributed by atoms with Gasteiger partial charge >= 0.3 is 6.03 Å². The van der Waals surface area contributed by atoms with Gasteiger partial charge in [-0.25, -0.2) is 19.1 Å². The smallest absolute Gasteiger partial charge is 0.333 e. The topological polar surface area (TPSA) is 68.8 Å². The number of halogens is 2. The summed E-state index contributed by atoms with van der Waals surface area (Å²) in [7, 11) is 0. The highest BCUT2D eigenvalue weighted by Crippen LogP contribution is 2.40. The van der Waals surface area contributed by atoms with E-state index in [9.17, 15) is 14.3 Å². The number of amides is 2. The Labute approximate surface area is 157 Å². The van der Waals surface area contributed by atoms with Crippen molar-refractivity contribution in [1.29, 1.82) is 0 Å². The fourth-order valence-corrected chi connectivity index (χ4v) is 3.51. The van der Waals surface area contributed by atoms with Gasteiger partial charge in [-0.3, -0.25) is 9.88 Å². The van der Waals surface area contributed by atoms with Gasteiger partial charge in [0.1, 0.15) is 11.0 Å². The Kier molecular flexibility index (Phi) is 5.58. The molecule has 3 rings (SSSR count). The van der Waals surface area contributed by atoms with E-state index >= 15 is 0 Å². The normalized spacial score (nSPS) is 22.7. The molecule has 0 bridgehead atoms. The van der Waals surface area contributed by atoms with E-state index in [-0.39, 0.29) is 24.0 Å². The number of hydrogen-bond donors (Lipinski definition) is 1. The zero-order valence-electron chi connectivity index (χ0n) is 14.7. The van der Waals surface area contributed by atoms with Crippen molar-refractivity contribution in [3.05, 3.63) is 35.9 Å². The van der Waals surface area contributed by atoms with Crippen molar-refractivity contribution in [2.24, 2.45) is 4.99 Å². The van der Waals surface area contributed by atoms with E-state index in [0.29, 0.717) is 24.9 Å². The molecule has 2 atom stereocenters. The van der Waals surface area contributed by atoms with Gasteiger partial charge in [-0.15, -0.1) is 0 Å². The lowest BCUT2D eigenvalue weighted by molar-refractivity contribution is 0.226. The number of pyridine rings is 1. The molecule has 1 N–H and O–H groups in total. The maximum absolute atomic E-state index is 14.1. The summed E-state index contributed by atoms with van der Waals surface area (Å²) in [5, 5.41) is 9.42. The molecule has 1 saturated heterocycles. The van der Waals surface area contributed by atoms with Gasteiger partial charge in [-0.05, 0) is 30.9 Å². The second kappa shape index (κ2) is 7.72. The van der Waals surface area contributed by atoms with Crippen molar-refractivity contribution < 1.29 is 14.3 Å². The zero-order chi connectivity index (χ0) is 18.8. The zero-order valence-corrected chi connectivity index (χ0v) is 15.4. The van der Waals surface area contributed by atoms with Gasteiger partial charge in [0, 0.05) is 19.2 Å². The second-order valence-corrected chi connectivity index (χ2v) is 6.85. The van der Waals surface area contributed by atoms with E-state index in [0.717, 1.165) is 22.6 Å². The molecule has 0 radical (unpaired) electrons. The number of urea groups is 1. The molecule has 0 spiro atoms. The minimum Gasteiger partial charge on any atom is -0.396 e. The highest BCUT2D eigenvalue weighted by molar-refractivity contribution is 6.65. The highest BCUT2D eigenvalue weighted by atomic mass is 35.5. The second-order valence-electron chi connectivity index (χ2n) is 6.42. The van der Waals surface area contributed by atoms with Crippen LogP contribution in [0.3, 0.4) is 0 Å². The van der Waals surface area contributed by atoms with E-state index in [2.05, 4.69) is 16.6 Å². The van der Waals surface area contributed by atoms with E-state index in [4.69, 9.17) is 11.6 Å². The van der Waals surface area contributed by atoms with Crippen molar-refractivity contribution in [1.82, 2.24) is 9.88 Å². The Hall–Kier alpha value is -1.99. The van der Waals surface area contributed by atoms with Crippen molar-refractivity contribution in [3.63, 3.8) is 0 Å². The molecule has 0 aromatic carbocycles. The van der Waals surface area contributed by atoms with Crippen LogP contribution in [0.2, 0.25) is 0 Å². The Balaban J connectivity index is 2.10. The van der Waals surface area contributed by atoms with E-state index < -0.39 is 18.4 Å². The Morgan fingerprint density at radius 3 is 2.92 bits per heavy atom. The van der Waals surface area contributed by atoms with Gasteiger partial charge < -0.3 is 5.11 Å². The Morgan fingerprint density at radius 1 is 1.46 bits per heavy atom. The number of aliphatic hydroxyl groups is 1. The van der Waals surface area contributed by atoms with Crippen LogP contribution in [0.4, 0.5) is 14.9 Å². The molecule has 2 aliphatic rings. The average Bonchev–Trinajstić information content (AvgIpc) is 3.22. The number of nitrogens with zero attached hydrogens (tertiary/aromatic N) is 4. The van der Waals surface area contributed by atoms with Crippen molar-refractivity contribution in [3.8, 4) is 0 Å². The molecule has 1 unspecified atom stereocenters. The Morgan fingerprint density at radius 2 is 2.23 bits per heavy atom. The molecule has 6 nitrogen and oxygen atoms in total. The summed E-state index contributed by atoms with van der Waals surface area (Å²) in [5.74, 6) is 0.146. The summed E-state index contributed by atoms with van der Waals surface area (Å²) in [6, 6.07) is 0.721. The lowest BCUT2D eigenvalue weighted by atomic mass is 10.0. The molecule has 0 aliphatic carbocycles. The summed E-state index contributed by atoms with van der Waals surface area (Å²) in [6.07, 6.45) is 3.09. The van der Waals surface area contributed by atoms with Crippen LogP contribution in [0.15, 0.2) is 29.7 Å². The summed E-state index contributed by atoms with van der Waals surface area (Å²) in [4.78, 5) is 24.1. The minimum atomic E-state index is -1.37. The third kappa shape index (κ3) is 3.46. The van der Waals surface area contributed by atoms with Crippen LogP contribution in [0.5, 0.6) is 0 Å². The number of alkyl halides is 1. The third-order valence-corrected chi connectivity index (χ3v) is 4.79. The van der Waals surface area contributed by atoms with Gasteiger partial charge in [0.05, 0.1) is 17.4 Å². The summed E-state index contributed by atoms with van der Waals surface area (Å²) in [5.41, 5.74) is 2.14. The van der Waals surface area contributed by atoms with Gasteiger partial charge in [-0.1, -0.05) is 31.5 Å². The van der Waals surface area contributed by atoms with Crippen LogP contribution in [-0.4, -0.2) is 45.1 Å². The van der Waals surface area contributed by atoms with Crippen LogP contribution in [0, 0.1) is 0 Å². The molecular weight excluding hydrogens is 359 g/mol. The van der Waals surface area contributed by atoms with Gasteiger partial charge in [0.25, 0.3) is 0 Å². The molecule has 8 heteroatoms. The van der Waals surface area contributed by atoms with E-state index in [1.807, 2.05) is 6.92 Å². The first-order valence-corrected chi connectivity index (χ1v) is 9.13. The average molecular weight is 381 g/mol. The van der Waals surface area contributed by atoms with Crippen molar-refractivity contribution in [2.45, 2.75) is 51.4 Å². The van der Waals surface area contributed by atoms with Crippen LogP contribution >= 0.6 is 11.6 Å². The SMILES string of the molecule is C=C1N=C(Cl)CC2[C@H](F)N2C(=O)N1c1c(CCCO)ccnc1CCC. The number of anilines is 1. The van der Waals surface area contributed by atoms with Crippen LogP contribution in [0.25, 0.3) is 0 Å². The first-order chi connectivity index (χ1) is 12.5. The number of aromatic nitrogens is 1. The monoisotopic (exact) mass is 380 g/mol. The molecular formula is C18H22ClFN4O2. The summed E-state index contributed by atoms with van der Waals surface area (Å²) < 4.78 is 14.1. The predicted molar refractivity (Wildman–Crippen MR) is 99.1 cm³/mol. The Bertz CT molecular complexity index is 755. The number of aliphatic hydroxyl groups excluding tert-OH is 1. The standard InChI is InChI=1S/C18H22ClFN4O2/c1-3-5-13-16(12(6-4-9-25)7-8-21-13)23-11(2)22-15(19)10-14-17(20)24(14)18(23)26/h7-8,14,17,25H,2-6,9-10H2,1H3/t14?,17-,24?/m1/s1. The van der Waals surface area contributed by atoms with E-state index in [1.54, 1.807) is 12.3 Å². The molecule has 1 aromatic heterocycles. The number of aliphatic imine (C=N–C) groups is 1. The van der Waals surface area contributed by atoms with E-state index in [1.165, 1.54) is 4.90 Å². The number of carbonyl (C=O) groups excluding carboxylic acids is 1. The number of rotatable bonds is 6. The first kappa shape index (κ1) is 18.8. The minimum absolute atomic E-state index is 0.0322. The quantitative estimate of drug-likeness (QED) is 0.607. The van der Waals surface area contributed by atoms with Crippen molar-refractivity contribution >= 4 is 28.5 Å². The highest BCUT2D eigenvalue weighted by Gasteiger charge is 2.55. The van der Waals surface area contributed by atoms with Crippen LogP contribution in [0.1, 0.15) is 37.4 Å². The third-order valence-electron chi connectivity index (χ3n) is 4.55. The lowest BCUT2D eigenvalue weighted by Crippen LogP contribution is -2.37. The molecule has 1 fully saturated rings. The van der Waals surface area contributed by atoms with Gasteiger partial charge in [0.2, 0.25) is 0 Å². The molecule has 140 valence electrons. The molecule has 1 aromatic rings. The molecule has 26 heavy (non-hydrogen) atoms. The number of carbonyl (C=O) groups is 1. The predicted octanol–water partition coefficient (Wildman–Crippen LogP) is 3.38. The fraction of sp³-hybridized carbons (Fsp3) is 0.500. The molecule has 2 amide bonds. The van der Waals surface area contributed by atoms with Crippen LogP contribution in [-0.2, 0) is 12.8 Å². The molecule has 3 heterocycles.